The highest BCUT2D eigenvalue weighted by Gasteiger charge is 1.84. The third kappa shape index (κ3) is 22.8. The van der Waals surface area contributed by atoms with Gasteiger partial charge in [0.2, 0.25) is 0 Å². The van der Waals surface area contributed by atoms with E-state index in [0.717, 1.165) is 12.8 Å². The van der Waals surface area contributed by atoms with Gasteiger partial charge in [-0.2, -0.15) is 0 Å². The molecule has 0 N–H and O–H groups in total. The summed E-state index contributed by atoms with van der Waals surface area (Å²) < 4.78 is 33.9. The highest BCUT2D eigenvalue weighted by molar-refractivity contribution is 5.75. The van der Waals surface area contributed by atoms with Crippen molar-refractivity contribution in [2.45, 2.75) is 53.3 Å². The average Bonchev–Trinajstić information content (AvgIpc) is 2.16. The maximum Gasteiger partial charge on any atom is 0.129 e. The zero-order valence-corrected chi connectivity index (χ0v) is 7.94. The van der Waals surface area contributed by atoms with Crippen LogP contribution in [0.25, 0.3) is 0 Å². The van der Waals surface area contributed by atoms with E-state index in [-0.39, 0.29) is 12.2 Å². The Morgan fingerprint density at radius 2 is 1.83 bits per heavy atom. The highest BCUT2D eigenvalue weighted by atomic mass is 16.1. The van der Waals surface area contributed by atoms with E-state index in [1.165, 1.54) is 6.92 Å². The van der Waals surface area contributed by atoms with Crippen LogP contribution in [0.1, 0.15) is 60.1 Å². The molecule has 0 saturated carbocycles. The normalized spacial score (nSPS) is 16.8. The van der Waals surface area contributed by atoms with Crippen LogP contribution in [0.15, 0.2) is 0 Å². The Balaban J connectivity index is 0. The van der Waals surface area contributed by atoms with Gasteiger partial charge in [-0.3, -0.25) is 0 Å². The van der Waals surface area contributed by atoms with Crippen LogP contribution in [-0.4, -0.2) is 11.6 Å². The van der Waals surface area contributed by atoms with Gasteiger partial charge in [-0.05, 0) is 26.6 Å². The van der Waals surface area contributed by atoms with E-state index in [2.05, 4.69) is 0 Å². The van der Waals surface area contributed by atoms with Crippen molar-refractivity contribution in [2.75, 3.05) is 0 Å². The number of ketones is 2. The Labute approximate surface area is 82.4 Å². The van der Waals surface area contributed by atoms with E-state index in [0.29, 0.717) is 0 Å². The minimum Gasteiger partial charge on any atom is -0.300 e. The van der Waals surface area contributed by atoms with Gasteiger partial charge >= 0.3 is 0 Å². The van der Waals surface area contributed by atoms with Crippen molar-refractivity contribution in [1.82, 2.24) is 0 Å². The number of hydrogen-bond donors (Lipinski definition) is 0. The lowest BCUT2D eigenvalue weighted by atomic mass is 10.3. The molecule has 0 unspecified atom stereocenters. The van der Waals surface area contributed by atoms with Gasteiger partial charge in [-0.15, -0.1) is 0 Å². The Morgan fingerprint density at radius 1 is 1.25 bits per heavy atom. The quantitative estimate of drug-likeness (QED) is 0.661. The Morgan fingerprint density at radius 3 is 1.92 bits per heavy atom. The predicted octanol–water partition coefficient (Wildman–Crippen LogP) is 2.75. The summed E-state index contributed by atoms with van der Waals surface area (Å²) in [7, 11) is 0. The van der Waals surface area contributed by atoms with E-state index >= 15 is 0 Å². The first-order valence-electron chi connectivity index (χ1n) is 6.53. The van der Waals surface area contributed by atoms with Crippen LogP contribution in [0.3, 0.4) is 0 Å². The van der Waals surface area contributed by atoms with Crippen LogP contribution in [0.4, 0.5) is 0 Å². The molecule has 0 fully saturated rings. The molecule has 0 rings (SSSR count). The number of Topliss-reactive ketones (excluding diaryl/α,β-unsaturated/α-hetero) is 2. The third-order valence-electron chi connectivity index (χ3n) is 0.939. The summed E-state index contributed by atoms with van der Waals surface area (Å²) in [6.45, 7) is 2.23. The molecule has 0 aliphatic rings. The topological polar surface area (TPSA) is 34.1 Å². The van der Waals surface area contributed by atoms with E-state index < -0.39 is 19.0 Å². The van der Waals surface area contributed by atoms with Crippen molar-refractivity contribution in [2.24, 2.45) is 0 Å². The molecule has 0 radical (unpaired) electrons. The summed E-state index contributed by atoms with van der Waals surface area (Å²) in [6.07, 6.45) is -0.606. The maximum atomic E-state index is 10.8. The molecule has 0 atom stereocenters. The average molecular weight is 177 g/mol. The van der Waals surface area contributed by atoms with Crippen LogP contribution in [-0.2, 0) is 9.59 Å². The second kappa shape index (κ2) is 10.3. The second-order valence-electron chi connectivity index (χ2n) is 2.31. The fourth-order valence-electron chi connectivity index (χ4n) is 0.513. The van der Waals surface area contributed by atoms with Gasteiger partial charge in [0.15, 0.2) is 0 Å². The molecule has 0 aliphatic carbocycles. The standard InChI is InChI=1S/2C5H10O/c2*1-3-4-5(2)6/h2*3-4H2,1-2H3/i2D3,4D2;. The smallest absolute Gasteiger partial charge is 0.129 e. The van der Waals surface area contributed by atoms with Gasteiger partial charge < -0.3 is 9.59 Å². The van der Waals surface area contributed by atoms with Gasteiger partial charge in [0.1, 0.15) is 11.6 Å². The fourth-order valence-corrected chi connectivity index (χ4v) is 0.513. The largest absolute Gasteiger partial charge is 0.300 e. The number of rotatable bonds is 4. The molecular formula is C10H20O2. The van der Waals surface area contributed by atoms with E-state index in [1.54, 1.807) is 6.92 Å². The fraction of sp³-hybridized carbons (Fsp3) is 0.800. The number of carbonyl (C=O) groups excluding carboxylic acids is 2. The predicted molar refractivity (Wildman–Crippen MR) is 51.2 cm³/mol. The summed E-state index contributed by atoms with van der Waals surface area (Å²) in [5.41, 5.74) is 0. The van der Waals surface area contributed by atoms with Crippen LogP contribution < -0.4 is 0 Å². The van der Waals surface area contributed by atoms with Crippen LogP contribution in [0.5, 0.6) is 0 Å². The lowest BCUT2D eigenvalue weighted by molar-refractivity contribution is -0.117. The molecule has 0 aromatic carbocycles. The van der Waals surface area contributed by atoms with Gasteiger partial charge in [-0.1, -0.05) is 13.8 Å². The Bertz CT molecular complexity index is 258. The number of hydrogen-bond acceptors (Lipinski definition) is 2. The van der Waals surface area contributed by atoms with E-state index in [1.807, 2.05) is 6.92 Å². The summed E-state index contributed by atoms with van der Waals surface area (Å²) in [6, 6.07) is 0. The molecule has 2 heteroatoms. The van der Waals surface area contributed by atoms with Crippen molar-refractivity contribution >= 4 is 11.6 Å². The third-order valence-corrected chi connectivity index (χ3v) is 0.939. The first kappa shape index (κ1) is 5.90. The summed E-state index contributed by atoms with van der Waals surface area (Å²) >= 11 is 0. The van der Waals surface area contributed by atoms with Crippen LogP contribution >= 0.6 is 0 Å². The summed E-state index contributed by atoms with van der Waals surface area (Å²) in [5.74, 6) is -1.02. The molecule has 0 saturated heterocycles. The molecular weight excluding hydrogens is 152 g/mol. The lowest BCUT2D eigenvalue weighted by Crippen LogP contribution is -1.84. The maximum absolute atomic E-state index is 10.8. The lowest BCUT2D eigenvalue weighted by Gasteiger charge is -1.80. The van der Waals surface area contributed by atoms with Gasteiger partial charge in [0.05, 0.1) is 0 Å². The molecule has 0 spiro atoms. The van der Waals surface area contributed by atoms with Gasteiger partial charge in [0.25, 0.3) is 0 Å². The molecule has 0 aromatic heterocycles. The minimum absolute atomic E-state index is 0.107. The van der Waals surface area contributed by atoms with Crippen LogP contribution in [0, 0.1) is 0 Å². The zero-order chi connectivity index (χ0) is 14.3. The first-order valence-corrected chi connectivity index (χ1v) is 4.03. The molecule has 0 aromatic rings. The molecule has 72 valence electrons. The minimum atomic E-state index is -2.82. The van der Waals surface area contributed by atoms with Crippen molar-refractivity contribution in [3.05, 3.63) is 0 Å². The summed E-state index contributed by atoms with van der Waals surface area (Å²) in [5, 5.41) is 0. The van der Waals surface area contributed by atoms with Crippen molar-refractivity contribution in [1.29, 1.82) is 0 Å². The Kier molecular flexibility index (Phi) is 5.08. The molecule has 2 nitrogen and oxygen atoms in total. The monoisotopic (exact) mass is 177 g/mol. The molecule has 0 amide bonds. The van der Waals surface area contributed by atoms with Crippen molar-refractivity contribution in [3.8, 4) is 0 Å². The second-order valence-corrected chi connectivity index (χ2v) is 2.31. The highest BCUT2D eigenvalue weighted by Crippen LogP contribution is 1.84. The van der Waals surface area contributed by atoms with E-state index in [9.17, 15) is 9.59 Å². The van der Waals surface area contributed by atoms with E-state index in [4.69, 9.17) is 6.85 Å². The summed E-state index contributed by atoms with van der Waals surface area (Å²) in [4.78, 5) is 20.8. The van der Waals surface area contributed by atoms with Gasteiger partial charge in [-0.25, -0.2) is 0 Å². The SMILES string of the molecule is CCCC(C)=O.[2H]C([2H])([2H])C(=O)C([2H])([2H])CC. The van der Waals surface area contributed by atoms with Crippen molar-refractivity contribution in [3.63, 3.8) is 0 Å². The molecule has 12 heavy (non-hydrogen) atoms. The number of carbonyl (C=O) groups is 2. The van der Waals surface area contributed by atoms with Crippen LogP contribution in [0.2, 0.25) is 0 Å². The van der Waals surface area contributed by atoms with Gasteiger partial charge in [0, 0.05) is 19.6 Å². The first-order chi connectivity index (χ1) is 7.49. The molecule has 0 heterocycles. The molecule has 0 aliphatic heterocycles. The zero-order valence-electron chi connectivity index (χ0n) is 12.9. The molecule has 0 bridgehead atoms. The Hall–Kier alpha value is -0.660. The van der Waals surface area contributed by atoms with Crippen molar-refractivity contribution < 1.29 is 16.4 Å².